The number of para-hydroxylation sites is 2. The van der Waals surface area contributed by atoms with Gasteiger partial charge in [-0.1, -0.05) is 60.7 Å². The molecule has 0 radical (unpaired) electrons. The van der Waals surface area contributed by atoms with Crippen LogP contribution in [-0.2, 0) is 6.54 Å². The predicted octanol–water partition coefficient (Wildman–Crippen LogP) is 6.25. The number of aromatic nitrogens is 2. The molecule has 0 spiro atoms. The molecule has 0 atom stereocenters. The molecule has 0 unspecified atom stereocenters. The molecule has 0 saturated carbocycles. The topological polar surface area (TPSA) is 19.7 Å². The SMILES string of the molecule is CCCCCCCC[n+]1c(-c2ccc(Br)cc2)[nH]c2ccccc21. The van der Waals surface area contributed by atoms with E-state index in [1.54, 1.807) is 0 Å². The van der Waals surface area contributed by atoms with Crippen molar-refractivity contribution in [1.29, 1.82) is 0 Å². The van der Waals surface area contributed by atoms with Crippen molar-refractivity contribution in [2.45, 2.75) is 52.0 Å². The van der Waals surface area contributed by atoms with Gasteiger partial charge >= 0.3 is 0 Å². The summed E-state index contributed by atoms with van der Waals surface area (Å²) in [6.07, 6.45) is 7.94. The Morgan fingerprint density at radius 3 is 2.38 bits per heavy atom. The fourth-order valence-electron chi connectivity index (χ4n) is 3.25. The van der Waals surface area contributed by atoms with Crippen molar-refractivity contribution in [1.82, 2.24) is 4.98 Å². The van der Waals surface area contributed by atoms with Crippen LogP contribution >= 0.6 is 15.9 Å². The Balaban J connectivity index is 1.81. The maximum atomic E-state index is 3.61. The Hall–Kier alpha value is -1.61. The number of unbranched alkanes of at least 4 members (excludes halogenated alkanes) is 5. The van der Waals surface area contributed by atoms with E-state index >= 15 is 0 Å². The fraction of sp³-hybridized carbons (Fsp3) is 0.381. The van der Waals surface area contributed by atoms with Crippen LogP contribution in [0, 0.1) is 0 Å². The van der Waals surface area contributed by atoms with Crippen LogP contribution in [-0.4, -0.2) is 4.98 Å². The first-order chi connectivity index (χ1) is 11.8. The molecule has 1 heterocycles. The molecular formula is C21H26BrN2+. The maximum Gasteiger partial charge on any atom is 0.287 e. The molecule has 24 heavy (non-hydrogen) atoms. The van der Waals surface area contributed by atoms with Crippen molar-refractivity contribution < 1.29 is 4.57 Å². The van der Waals surface area contributed by atoms with Crippen LogP contribution in [0.5, 0.6) is 0 Å². The van der Waals surface area contributed by atoms with Gasteiger partial charge in [-0.15, -0.1) is 0 Å². The standard InChI is InChI=1S/C21H25BrN2/c1-2-3-4-5-6-9-16-24-20-11-8-7-10-19(20)23-21(24)17-12-14-18(22)15-13-17/h7-8,10-15H,2-6,9,16H2,1H3/p+1. The summed E-state index contributed by atoms with van der Waals surface area (Å²) in [6, 6.07) is 17.2. The van der Waals surface area contributed by atoms with E-state index in [1.165, 1.54) is 60.9 Å². The highest BCUT2D eigenvalue weighted by Crippen LogP contribution is 2.21. The maximum absolute atomic E-state index is 3.61. The summed E-state index contributed by atoms with van der Waals surface area (Å²) in [5.74, 6) is 1.21. The molecule has 1 aromatic heterocycles. The Bertz CT molecular complexity index is 774. The number of H-pyrrole nitrogens is 1. The predicted molar refractivity (Wildman–Crippen MR) is 105 cm³/mol. The lowest BCUT2D eigenvalue weighted by Crippen LogP contribution is -2.35. The summed E-state index contributed by atoms with van der Waals surface area (Å²) < 4.78 is 3.56. The first-order valence-corrected chi connectivity index (χ1v) is 9.85. The van der Waals surface area contributed by atoms with Gasteiger partial charge in [0.15, 0.2) is 11.0 Å². The third kappa shape index (κ3) is 4.07. The number of halogens is 1. The summed E-state index contributed by atoms with van der Waals surface area (Å²) in [6.45, 7) is 3.34. The van der Waals surface area contributed by atoms with Gasteiger partial charge in [0, 0.05) is 4.47 Å². The lowest BCUT2D eigenvalue weighted by Gasteiger charge is -2.03. The van der Waals surface area contributed by atoms with Crippen LogP contribution < -0.4 is 4.57 Å². The highest BCUT2D eigenvalue weighted by atomic mass is 79.9. The molecule has 0 aliphatic carbocycles. The number of aromatic amines is 1. The van der Waals surface area contributed by atoms with E-state index in [2.05, 4.69) is 80.9 Å². The Morgan fingerprint density at radius 1 is 0.875 bits per heavy atom. The van der Waals surface area contributed by atoms with E-state index in [0.717, 1.165) is 11.0 Å². The van der Waals surface area contributed by atoms with Gasteiger partial charge in [0.05, 0.1) is 12.1 Å². The Morgan fingerprint density at radius 2 is 1.58 bits per heavy atom. The zero-order valence-corrected chi connectivity index (χ0v) is 16.0. The van der Waals surface area contributed by atoms with E-state index < -0.39 is 0 Å². The van der Waals surface area contributed by atoms with E-state index in [1.807, 2.05) is 0 Å². The second-order valence-electron chi connectivity index (χ2n) is 6.42. The molecule has 1 N–H and O–H groups in total. The number of fused-ring (bicyclic) bond motifs is 1. The van der Waals surface area contributed by atoms with E-state index in [4.69, 9.17) is 0 Å². The minimum absolute atomic E-state index is 1.07. The zero-order valence-electron chi connectivity index (χ0n) is 14.4. The highest BCUT2D eigenvalue weighted by Gasteiger charge is 2.19. The van der Waals surface area contributed by atoms with Gasteiger partial charge < -0.3 is 0 Å². The minimum Gasteiger partial charge on any atom is -0.236 e. The van der Waals surface area contributed by atoms with Gasteiger partial charge in [0.1, 0.15) is 0 Å². The molecule has 126 valence electrons. The number of nitrogens with one attached hydrogen (secondary N) is 1. The summed E-state index contributed by atoms with van der Waals surface area (Å²) >= 11 is 3.53. The molecule has 0 saturated heterocycles. The van der Waals surface area contributed by atoms with Crippen LogP contribution in [0.2, 0.25) is 0 Å². The molecule has 3 heteroatoms. The van der Waals surface area contributed by atoms with Crippen LogP contribution in [0.15, 0.2) is 53.0 Å². The van der Waals surface area contributed by atoms with Crippen molar-refractivity contribution in [2.24, 2.45) is 0 Å². The van der Waals surface area contributed by atoms with Gasteiger partial charge in [-0.3, -0.25) is 0 Å². The summed E-state index contributed by atoms with van der Waals surface area (Å²) in [7, 11) is 0. The number of benzene rings is 2. The molecule has 3 aromatic rings. The number of imidazole rings is 1. The third-order valence-electron chi connectivity index (χ3n) is 4.57. The largest absolute Gasteiger partial charge is 0.287 e. The number of aryl methyl sites for hydroxylation is 1. The van der Waals surface area contributed by atoms with Gasteiger partial charge in [0.25, 0.3) is 5.82 Å². The zero-order chi connectivity index (χ0) is 16.8. The van der Waals surface area contributed by atoms with Crippen LogP contribution in [0.3, 0.4) is 0 Å². The number of rotatable bonds is 8. The monoisotopic (exact) mass is 385 g/mol. The van der Waals surface area contributed by atoms with E-state index in [0.29, 0.717) is 0 Å². The summed E-state index contributed by atoms with van der Waals surface area (Å²) in [5.41, 5.74) is 3.74. The summed E-state index contributed by atoms with van der Waals surface area (Å²) in [5, 5.41) is 0. The molecule has 2 aromatic carbocycles. The summed E-state index contributed by atoms with van der Waals surface area (Å²) in [4.78, 5) is 3.61. The molecule has 0 fully saturated rings. The molecule has 0 aliphatic rings. The Kier molecular flexibility index (Phi) is 6.08. The van der Waals surface area contributed by atoms with Crippen molar-refractivity contribution in [3.8, 4) is 11.4 Å². The average molecular weight is 386 g/mol. The first kappa shape index (κ1) is 17.2. The highest BCUT2D eigenvalue weighted by molar-refractivity contribution is 9.10. The smallest absolute Gasteiger partial charge is 0.236 e. The quantitative estimate of drug-likeness (QED) is 0.349. The molecule has 0 bridgehead atoms. The van der Waals surface area contributed by atoms with Crippen molar-refractivity contribution in [3.63, 3.8) is 0 Å². The fourth-order valence-corrected chi connectivity index (χ4v) is 3.51. The minimum atomic E-state index is 1.07. The lowest BCUT2D eigenvalue weighted by molar-refractivity contribution is -0.660. The van der Waals surface area contributed by atoms with Crippen LogP contribution in [0.1, 0.15) is 45.4 Å². The second-order valence-corrected chi connectivity index (χ2v) is 7.33. The van der Waals surface area contributed by atoms with Gasteiger partial charge in [0.2, 0.25) is 0 Å². The molecule has 2 nitrogen and oxygen atoms in total. The van der Waals surface area contributed by atoms with Crippen LogP contribution in [0.25, 0.3) is 22.4 Å². The van der Waals surface area contributed by atoms with Crippen LogP contribution in [0.4, 0.5) is 0 Å². The average Bonchev–Trinajstić information content (AvgIpc) is 2.97. The van der Waals surface area contributed by atoms with Crippen molar-refractivity contribution in [2.75, 3.05) is 0 Å². The van der Waals surface area contributed by atoms with Gasteiger partial charge in [-0.2, -0.15) is 0 Å². The second kappa shape index (κ2) is 8.48. The first-order valence-electron chi connectivity index (χ1n) is 9.06. The number of hydrogen-bond donors (Lipinski definition) is 1. The molecule has 0 amide bonds. The van der Waals surface area contributed by atoms with Crippen molar-refractivity contribution >= 4 is 27.0 Å². The normalized spacial score (nSPS) is 11.2. The number of hydrogen-bond acceptors (Lipinski definition) is 0. The van der Waals surface area contributed by atoms with E-state index in [9.17, 15) is 0 Å². The molecule has 3 rings (SSSR count). The van der Waals surface area contributed by atoms with Gasteiger partial charge in [-0.25, -0.2) is 9.55 Å². The Labute approximate surface area is 153 Å². The van der Waals surface area contributed by atoms with E-state index in [-0.39, 0.29) is 0 Å². The van der Waals surface area contributed by atoms with Gasteiger partial charge in [-0.05, 0) is 49.2 Å². The number of nitrogens with zero attached hydrogens (tertiary/aromatic N) is 1. The third-order valence-corrected chi connectivity index (χ3v) is 5.10. The molecular weight excluding hydrogens is 360 g/mol. The molecule has 0 aliphatic heterocycles. The van der Waals surface area contributed by atoms with Crippen molar-refractivity contribution in [3.05, 3.63) is 53.0 Å². The lowest BCUT2D eigenvalue weighted by atomic mass is 10.1.